The van der Waals surface area contributed by atoms with E-state index in [-0.39, 0.29) is 12.5 Å². The van der Waals surface area contributed by atoms with Crippen LogP contribution >= 0.6 is 31.9 Å². The molecule has 0 bridgehead atoms. The predicted octanol–water partition coefficient (Wildman–Crippen LogP) is 5.33. The summed E-state index contributed by atoms with van der Waals surface area (Å²) in [6.45, 7) is 3.94. The number of hydrogen-bond acceptors (Lipinski definition) is 3. The average Bonchev–Trinajstić information content (AvgIpc) is 2.71. The molecule has 2 amide bonds. The summed E-state index contributed by atoms with van der Waals surface area (Å²) < 4.78 is 7.35. The second-order valence-corrected chi connectivity index (χ2v) is 8.52. The Kier molecular flexibility index (Phi) is 6.92. The van der Waals surface area contributed by atoms with E-state index < -0.39 is 5.91 Å². The number of carbonyl (C=O) groups excluding carboxylic acids is 2. The largest absolute Gasteiger partial charge is 0.483 e. The molecule has 0 spiro atoms. The Bertz CT molecular complexity index is 1050. The maximum absolute atomic E-state index is 12.2. The number of nitrogens with one attached hydrogen (secondary N) is 2. The Morgan fingerprint density at radius 2 is 1.69 bits per heavy atom. The third-order valence-corrected chi connectivity index (χ3v) is 5.71. The van der Waals surface area contributed by atoms with Crippen LogP contribution in [0.3, 0.4) is 0 Å². The number of hydrazine groups is 1. The van der Waals surface area contributed by atoms with E-state index in [1.807, 2.05) is 36.4 Å². The molecule has 29 heavy (non-hydrogen) atoms. The van der Waals surface area contributed by atoms with Gasteiger partial charge in [-0.15, -0.1) is 0 Å². The van der Waals surface area contributed by atoms with Crippen molar-refractivity contribution in [2.45, 2.75) is 19.8 Å². The Morgan fingerprint density at radius 3 is 2.38 bits per heavy atom. The summed E-state index contributed by atoms with van der Waals surface area (Å²) in [6.07, 6.45) is 0. The molecule has 0 aliphatic rings. The lowest BCUT2D eigenvalue weighted by molar-refractivity contribution is -0.123. The highest BCUT2D eigenvalue weighted by molar-refractivity contribution is 9.11. The van der Waals surface area contributed by atoms with Crippen LogP contribution in [-0.4, -0.2) is 18.4 Å². The SMILES string of the molecule is CC(C)c1ccc(C(=O)NNC(=O)COc2ccc3cc(Br)ccc3c2Br)cc1. The third kappa shape index (κ3) is 5.36. The molecular formula is C22H20Br2N2O3. The number of halogens is 2. The van der Waals surface area contributed by atoms with Gasteiger partial charge in [0.15, 0.2) is 6.61 Å². The quantitative estimate of drug-likeness (QED) is 0.448. The van der Waals surface area contributed by atoms with Crippen LogP contribution in [0.15, 0.2) is 63.5 Å². The molecule has 5 nitrogen and oxygen atoms in total. The van der Waals surface area contributed by atoms with Crippen LogP contribution in [0.1, 0.15) is 35.7 Å². The van der Waals surface area contributed by atoms with E-state index >= 15 is 0 Å². The van der Waals surface area contributed by atoms with Gasteiger partial charge >= 0.3 is 0 Å². The molecule has 0 fully saturated rings. The first-order chi connectivity index (χ1) is 13.8. The van der Waals surface area contributed by atoms with Gasteiger partial charge in [0, 0.05) is 10.0 Å². The van der Waals surface area contributed by atoms with Gasteiger partial charge in [-0.3, -0.25) is 20.4 Å². The van der Waals surface area contributed by atoms with Crippen LogP contribution in [0.25, 0.3) is 10.8 Å². The van der Waals surface area contributed by atoms with Gasteiger partial charge in [-0.05, 0) is 68.5 Å². The number of fused-ring (bicyclic) bond motifs is 1. The van der Waals surface area contributed by atoms with Crippen molar-refractivity contribution >= 4 is 54.4 Å². The number of rotatable bonds is 5. The van der Waals surface area contributed by atoms with Gasteiger partial charge in [0.1, 0.15) is 5.75 Å². The molecule has 0 aliphatic heterocycles. The van der Waals surface area contributed by atoms with E-state index in [1.54, 1.807) is 18.2 Å². The molecule has 0 aromatic heterocycles. The van der Waals surface area contributed by atoms with Crippen molar-refractivity contribution in [3.05, 3.63) is 74.7 Å². The van der Waals surface area contributed by atoms with Crippen LogP contribution < -0.4 is 15.6 Å². The van der Waals surface area contributed by atoms with E-state index in [0.29, 0.717) is 17.2 Å². The van der Waals surface area contributed by atoms with Crippen molar-refractivity contribution in [3.63, 3.8) is 0 Å². The second kappa shape index (κ2) is 9.41. The number of carbonyl (C=O) groups is 2. The lowest BCUT2D eigenvalue weighted by atomic mass is 10.0. The molecule has 2 N–H and O–H groups in total. The lowest BCUT2D eigenvalue weighted by Crippen LogP contribution is -2.43. The minimum absolute atomic E-state index is 0.229. The standard InChI is InChI=1S/C22H20Br2N2O3/c1-13(2)14-3-5-15(6-4-14)22(28)26-25-20(27)12-29-19-10-7-16-11-17(23)8-9-18(16)21(19)24/h3-11,13H,12H2,1-2H3,(H,25,27)(H,26,28). The molecule has 0 atom stereocenters. The summed E-state index contributed by atoms with van der Waals surface area (Å²) in [5.74, 6) is 0.0940. The van der Waals surface area contributed by atoms with Crippen LogP contribution in [-0.2, 0) is 4.79 Å². The summed E-state index contributed by atoms with van der Waals surface area (Å²) in [5.41, 5.74) is 6.38. The highest BCUT2D eigenvalue weighted by Gasteiger charge is 2.11. The normalized spacial score (nSPS) is 10.8. The molecular weight excluding hydrogens is 500 g/mol. The van der Waals surface area contributed by atoms with Crippen molar-refractivity contribution in [2.24, 2.45) is 0 Å². The van der Waals surface area contributed by atoms with Crippen molar-refractivity contribution in [3.8, 4) is 5.75 Å². The van der Waals surface area contributed by atoms with Crippen LogP contribution in [0, 0.1) is 0 Å². The summed E-state index contributed by atoms with van der Waals surface area (Å²) in [7, 11) is 0. The fraction of sp³-hybridized carbons (Fsp3) is 0.182. The van der Waals surface area contributed by atoms with E-state index in [1.165, 1.54) is 0 Å². The first-order valence-electron chi connectivity index (χ1n) is 9.05. The van der Waals surface area contributed by atoms with Gasteiger partial charge in [-0.25, -0.2) is 0 Å². The maximum Gasteiger partial charge on any atom is 0.276 e. The highest BCUT2D eigenvalue weighted by atomic mass is 79.9. The molecule has 3 rings (SSSR count). The fourth-order valence-corrected chi connectivity index (χ4v) is 3.74. The monoisotopic (exact) mass is 518 g/mol. The number of hydrogen-bond donors (Lipinski definition) is 2. The Morgan fingerprint density at radius 1 is 0.966 bits per heavy atom. The third-order valence-electron chi connectivity index (χ3n) is 4.39. The predicted molar refractivity (Wildman–Crippen MR) is 121 cm³/mol. The van der Waals surface area contributed by atoms with E-state index in [4.69, 9.17) is 4.74 Å². The summed E-state index contributed by atoms with van der Waals surface area (Å²) in [5, 5.41) is 2.02. The minimum Gasteiger partial charge on any atom is -0.483 e. The summed E-state index contributed by atoms with van der Waals surface area (Å²) >= 11 is 6.97. The average molecular weight is 520 g/mol. The molecule has 0 saturated heterocycles. The Hall–Kier alpha value is -2.38. The topological polar surface area (TPSA) is 67.4 Å². The Balaban J connectivity index is 1.54. The lowest BCUT2D eigenvalue weighted by Gasteiger charge is -2.12. The van der Waals surface area contributed by atoms with Gasteiger partial charge in [0.2, 0.25) is 0 Å². The second-order valence-electron chi connectivity index (χ2n) is 6.81. The highest BCUT2D eigenvalue weighted by Crippen LogP contribution is 2.34. The molecule has 150 valence electrons. The number of ether oxygens (including phenoxy) is 1. The fourth-order valence-electron chi connectivity index (χ4n) is 2.75. The van der Waals surface area contributed by atoms with Crippen molar-refractivity contribution in [1.29, 1.82) is 0 Å². The van der Waals surface area contributed by atoms with Gasteiger partial charge in [0.25, 0.3) is 11.8 Å². The molecule has 0 radical (unpaired) electrons. The van der Waals surface area contributed by atoms with E-state index in [9.17, 15) is 9.59 Å². The van der Waals surface area contributed by atoms with Crippen LogP contribution in [0.5, 0.6) is 5.75 Å². The molecule has 0 aliphatic carbocycles. The molecule has 0 unspecified atom stereocenters. The zero-order valence-corrected chi connectivity index (χ0v) is 19.1. The van der Waals surface area contributed by atoms with Gasteiger partial charge in [0.05, 0.1) is 4.47 Å². The number of benzene rings is 3. The number of amides is 2. The summed E-state index contributed by atoms with van der Waals surface area (Å²) in [4.78, 5) is 24.2. The smallest absolute Gasteiger partial charge is 0.276 e. The van der Waals surface area contributed by atoms with E-state index in [2.05, 4.69) is 56.6 Å². The molecule has 0 heterocycles. The van der Waals surface area contributed by atoms with Crippen molar-refractivity contribution < 1.29 is 14.3 Å². The zero-order valence-electron chi connectivity index (χ0n) is 16.0. The molecule has 0 saturated carbocycles. The molecule has 7 heteroatoms. The van der Waals surface area contributed by atoms with Gasteiger partial charge in [-0.2, -0.15) is 0 Å². The summed E-state index contributed by atoms with van der Waals surface area (Å²) in [6, 6.07) is 16.9. The van der Waals surface area contributed by atoms with Crippen molar-refractivity contribution in [2.75, 3.05) is 6.61 Å². The van der Waals surface area contributed by atoms with E-state index in [0.717, 1.165) is 25.3 Å². The van der Waals surface area contributed by atoms with Gasteiger partial charge < -0.3 is 4.74 Å². The maximum atomic E-state index is 12.2. The first kappa shape index (κ1) is 21.3. The molecule has 3 aromatic rings. The Labute approximate surface area is 186 Å². The van der Waals surface area contributed by atoms with Gasteiger partial charge in [-0.1, -0.05) is 54.0 Å². The van der Waals surface area contributed by atoms with Crippen LogP contribution in [0.4, 0.5) is 0 Å². The van der Waals surface area contributed by atoms with Crippen LogP contribution in [0.2, 0.25) is 0 Å². The molecule has 3 aromatic carbocycles. The minimum atomic E-state index is -0.458. The zero-order chi connectivity index (χ0) is 21.0. The van der Waals surface area contributed by atoms with Crippen molar-refractivity contribution in [1.82, 2.24) is 10.9 Å². The first-order valence-corrected chi connectivity index (χ1v) is 10.6.